The molecule has 3 heterocycles. The first-order valence-electron chi connectivity index (χ1n) is 16.4. The molecule has 3 aromatic carbocycles. The Balaban J connectivity index is 1.24. The van der Waals surface area contributed by atoms with Crippen LogP contribution in [0.25, 0.3) is 11.3 Å². The molecule has 6 rings (SSSR count). The van der Waals surface area contributed by atoms with E-state index >= 15 is 4.39 Å². The summed E-state index contributed by atoms with van der Waals surface area (Å²) in [6.45, 7) is 6.47. The van der Waals surface area contributed by atoms with Crippen molar-refractivity contribution in [1.82, 2.24) is 24.6 Å². The van der Waals surface area contributed by atoms with Gasteiger partial charge < -0.3 is 18.9 Å². The average molecular weight is 729 g/mol. The van der Waals surface area contributed by atoms with Crippen LogP contribution in [0.15, 0.2) is 84.8 Å². The highest BCUT2D eigenvalue weighted by molar-refractivity contribution is 7.10. The number of thiazole rings is 1. The van der Waals surface area contributed by atoms with Gasteiger partial charge in [0.05, 0.1) is 48.6 Å². The van der Waals surface area contributed by atoms with Crippen LogP contribution in [-0.4, -0.2) is 69.4 Å². The number of carbonyl (C=O) groups excluding carboxylic acids is 2. The van der Waals surface area contributed by atoms with Gasteiger partial charge in [-0.05, 0) is 42.0 Å². The van der Waals surface area contributed by atoms with Crippen LogP contribution in [0.1, 0.15) is 51.8 Å². The largest absolute Gasteiger partial charge is 0.512 e. The first-order valence-corrected chi connectivity index (χ1v) is 17.2. The molecule has 1 aliphatic rings. The number of aromatic nitrogens is 4. The number of rotatable bonds is 12. The molecule has 0 radical (unpaired) electrons. The van der Waals surface area contributed by atoms with Gasteiger partial charge in [-0.2, -0.15) is 10.4 Å². The highest BCUT2D eigenvalue weighted by Crippen LogP contribution is 2.45. The second-order valence-electron chi connectivity index (χ2n) is 12.1. The minimum Gasteiger partial charge on any atom is -0.422 e. The van der Waals surface area contributed by atoms with Gasteiger partial charge in [0.1, 0.15) is 29.3 Å². The molecular weight excluding hydrogens is 695 g/mol. The zero-order valence-corrected chi connectivity index (χ0v) is 29.1. The van der Waals surface area contributed by atoms with Crippen molar-refractivity contribution < 1.29 is 37.3 Å². The Bertz CT molecular complexity index is 2030. The summed E-state index contributed by atoms with van der Waals surface area (Å²) in [6.07, 6.45) is -0.0788. The molecule has 0 N–H and O–H groups in total. The van der Waals surface area contributed by atoms with Crippen molar-refractivity contribution in [2.45, 2.75) is 44.7 Å². The van der Waals surface area contributed by atoms with E-state index in [0.29, 0.717) is 42.1 Å². The first-order chi connectivity index (χ1) is 25.1. The van der Waals surface area contributed by atoms with E-state index in [1.807, 2.05) is 12.1 Å². The summed E-state index contributed by atoms with van der Waals surface area (Å²) >= 11 is 1.24. The maximum absolute atomic E-state index is 15.8. The van der Waals surface area contributed by atoms with E-state index in [9.17, 15) is 19.2 Å². The molecule has 5 aromatic rings. The standard InChI is InChI=1S/C37H34F2N6O6S/c1-24(34-43-33(20-52-34)28-7-3-26(18-40)4-8-28)37(21-45-23-41-22-42-45,31-12-11-30(38)17-32(31)39)51-36(47)50-25(2)49-35(46)29-9-5-27(6-10-29)19-44-13-15-48-16-14-44/h3-12,17,20,22-25H,13-16,19,21H2,1-2H3/t24-,25?,37+/m0/s1. The molecule has 1 fully saturated rings. The van der Waals surface area contributed by atoms with E-state index in [1.54, 1.807) is 48.7 Å². The summed E-state index contributed by atoms with van der Waals surface area (Å²) in [6, 6.07) is 18.7. The minimum atomic E-state index is -1.93. The van der Waals surface area contributed by atoms with Crippen molar-refractivity contribution in [2.24, 2.45) is 0 Å². The summed E-state index contributed by atoms with van der Waals surface area (Å²) in [5, 5.41) is 15.6. The number of benzene rings is 3. The molecule has 0 saturated carbocycles. The van der Waals surface area contributed by atoms with Crippen molar-refractivity contribution in [3.8, 4) is 17.3 Å². The lowest BCUT2D eigenvalue weighted by Crippen LogP contribution is -2.43. The highest BCUT2D eigenvalue weighted by atomic mass is 32.1. The Morgan fingerprint density at radius 2 is 1.79 bits per heavy atom. The number of esters is 1. The molecule has 0 amide bonds. The number of morpholine rings is 1. The zero-order chi connectivity index (χ0) is 36.7. The van der Waals surface area contributed by atoms with Crippen LogP contribution < -0.4 is 0 Å². The van der Waals surface area contributed by atoms with Crippen LogP contribution in [0.3, 0.4) is 0 Å². The Morgan fingerprint density at radius 3 is 2.46 bits per heavy atom. The number of halogens is 2. The van der Waals surface area contributed by atoms with Gasteiger partial charge in [-0.1, -0.05) is 31.2 Å². The highest BCUT2D eigenvalue weighted by Gasteiger charge is 2.48. The molecule has 12 nitrogen and oxygen atoms in total. The maximum atomic E-state index is 15.8. The zero-order valence-electron chi connectivity index (χ0n) is 28.3. The van der Waals surface area contributed by atoms with Gasteiger partial charge in [0.2, 0.25) is 6.29 Å². The first kappa shape index (κ1) is 36.2. The van der Waals surface area contributed by atoms with E-state index in [0.717, 1.165) is 30.3 Å². The molecule has 268 valence electrons. The van der Waals surface area contributed by atoms with Gasteiger partial charge in [-0.3, -0.25) is 4.90 Å². The summed E-state index contributed by atoms with van der Waals surface area (Å²) < 4.78 is 53.6. The monoisotopic (exact) mass is 728 g/mol. The second-order valence-corrected chi connectivity index (χ2v) is 13.0. The number of hydrogen-bond donors (Lipinski definition) is 0. The second kappa shape index (κ2) is 16.2. The van der Waals surface area contributed by atoms with Gasteiger partial charge in [0.25, 0.3) is 0 Å². The molecule has 1 unspecified atom stereocenters. The van der Waals surface area contributed by atoms with Crippen LogP contribution >= 0.6 is 11.3 Å². The SMILES string of the molecule is CC(OC(=O)O[C@@](Cn1cncn1)(c1ccc(F)cc1F)[C@@H](C)c1nc(-c2ccc(C#N)cc2)cs1)OC(=O)c1ccc(CN2CCOCC2)cc1. The number of nitrogens with zero attached hydrogens (tertiary/aromatic N) is 6. The third kappa shape index (κ3) is 8.48. The van der Waals surface area contributed by atoms with E-state index in [1.165, 1.54) is 41.7 Å². The predicted octanol–water partition coefficient (Wildman–Crippen LogP) is 6.44. The fraction of sp³-hybridized carbons (Fsp3) is 0.297. The molecule has 2 aromatic heterocycles. The molecule has 1 aliphatic heterocycles. The van der Waals surface area contributed by atoms with Crippen molar-refractivity contribution in [1.29, 1.82) is 5.26 Å². The van der Waals surface area contributed by atoms with Crippen LogP contribution in [0.5, 0.6) is 0 Å². The van der Waals surface area contributed by atoms with E-state index < -0.39 is 41.6 Å². The van der Waals surface area contributed by atoms with Crippen LogP contribution in [-0.2, 0) is 37.6 Å². The lowest BCUT2D eigenvalue weighted by Gasteiger charge is -2.37. The third-order valence-corrected chi connectivity index (χ3v) is 9.68. The normalized spacial score (nSPS) is 15.5. The van der Waals surface area contributed by atoms with Gasteiger partial charge in [0.15, 0.2) is 5.60 Å². The maximum Gasteiger partial charge on any atom is 0.512 e. The van der Waals surface area contributed by atoms with Crippen molar-refractivity contribution in [2.75, 3.05) is 26.3 Å². The Labute approximate surface area is 302 Å². The Kier molecular flexibility index (Phi) is 11.3. The quantitative estimate of drug-likeness (QED) is 0.104. The van der Waals surface area contributed by atoms with Gasteiger partial charge in [0, 0.05) is 49.1 Å². The molecular formula is C37H34F2N6O6S. The summed E-state index contributed by atoms with van der Waals surface area (Å²) in [5.41, 5.74) is 0.943. The molecule has 3 atom stereocenters. The van der Waals surface area contributed by atoms with E-state index in [-0.39, 0.29) is 17.7 Å². The van der Waals surface area contributed by atoms with Gasteiger partial charge in [-0.25, -0.2) is 33.0 Å². The van der Waals surface area contributed by atoms with Crippen LogP contribution in [0.4, 0.5) is 13.6 Å². The van der Waals surface area contributed by atoms with Gasteiger partial charge in [-0.15, -0.1) is 11.3 Å². The van der Waals surface area contributed by atoms with Crippen LogP contribution in [0.2, 0.25) is 0 Å². The molecule has 0 spiro atoms. The topological polar surface area (TPSA) is 142 Å². The van der Waals surface area contributed by atoms with Crippen LogP contribution in [0, 0.1) is 23.0 Å². The lowest BCUT2D eigenvalue weighted by molar-refractivity contribution is -0.119. The number of ether oxygens (including phenoxy) is 4. The Morgan fingerprint density at radius 1 is 1.04 bits per heavy atom. The Hall–Kier alpha value is -5.56. The van der Waals surface area contributed by atoms with Gasteiger partial charge >= 0.3 is 12.1 Å². The lowest BCUT2D eigenvalue weighted by atomic mass is 9.81. The molecule has 0 bridgehead atoms. The number of carbonyl (C=O) groups is 2. The van der Waals surface area contributed by atoms with Crippen molar-refractivity contribution in [3.05, 3.63) is 124 Å². The summed E-state index contributed by atoms with van der Waals surface area (Å²) in [4.78, 5) is 37.6. The third-order valence-electron chi connectivity index (χ3n) is 8.65. The molecule has 15 heteroatoms. The fourth-order valence-electron chi connectivity index (χ4n) is 5.87. The fourth-order valence-corrected chi connectivity index (χ4v) is 6.83. The van der Waals surface area contributed by atoms with E-state index in [4.69, 9.17) is 23.9 Å². The molecule has 1 saturated heterocycles. The smallest absolute Gasteiger partial charge is 0.422 e. The summed E-state index contributed by atoms with van der Waals surface area (Å²) in [7, 11) is 0. The van der Waals surface area contributed by atoms with Crippen molar-refractivity contribution >= 4 is 23.5 Å². The molecule has 0 aliphatic carbocycles. The van der Waals surface area contributed by atoms with E-state index in [2.05, 4.69) is 21.1 Å². The minimum absolute atomic E-state index is 0.175. The predicted molar refractivity (Wildman–Crippen MR) is 184 cm³/mol. The van der Waals surface area contributed by atoms with Crippen molar-refractivity contribution in [3.63, 3.8) is 0 Å². The molecule has 52 heavy (non-hydrogen) atoms. The average Bonchev–Trinajstić information content (AvgIpc) is 3.85. The number of nitriles is 1. The number of hydrogen-bond acceptors (Lipinski definition) is 12. The summed E-state index contributed by atoms with van der Waals surface area (Å²) in [5.74, 6) is -3.43.